The van der Waals surface area contributed by atoms with Crippen LogP contribution in [0.3, 0.4) is 0 Å². The van der Waals surface area contributed by atoms with E-state index in [2.05, 4.69) is 10.3 Å². The Hall–Kier alpha value is -3.18. The maximum atomic E-state index is 12.8. The Labute approximate surface area is 165 Å². The lowest BCUT2D eigenvalue weighted by molar-refractivity contribution is -0.133. The van der Waals surface area contributed by atoms with Gasteiger partial charge in [0.15, 0.2) is 0 Å². The molecule has 1 aromatic heterocycles. The molecule has 1 heterocycles. The van der Waals surface area contributed by atoms with E-state index in [0.717, 1.165) is 22.6 Å². The molecule has 28 heavy (non-hydrogen) atoms. The first-order valence-electron chi connectivity index (χ1n) is 9.18. The van der Waals surface area contributed by atoms with Crippen molar-refractivity contribution in [2.75, 3.05) is 7.11 Å². The zero-order valence-corrected chi connectivity index (χ0v) is 16.0. The molecule has 0 aliphatic heterocycles. The van der Waals surface area contributed by atoms with Gasteiger partial charge in [0, 0.05) is 6.20 Å². The van der Waals surface area contributed by atoms with E-state index in [4.69, 9.17) is 9.47 Å². The molecule has 0 aliphatic rings. The van der Waals surface area contributed by atoms with Crippen molar-refractivity contribution in [1.29, 1.82) is 0 Å². The van der Waals surface area contributed by atoms with Crippen LogP contribution in [-0.4, -0.2) is 24.1 Å². The molecule has 0 saturated heterocycles. The molecule has 144 valence electrons. The van der Waals surface area contributed by atoms with Crippen molar-refractivity contribution in [3.8, 4) is 5.75 Å². The van der Waals surface area contributed by atoms with Gasteiger partial charge in [-0.1, -0.05) is 48.5 Å². The zero-order valence-electron chi connectivity index (χ0n) is 16.0. The van der Waals surface area contributed by atoms with E-state index in [0.29, 0.717) is 6.61 Å². The highest BCUT2D eigenvalue weighted by molar-refractivity contribution is 5.81. The molecule has 5 nitrogen and oxygen atoms in total. The maximum absolute atomic E-state index is 12.8. The van der Waals surface area contributed by atoms with E-state index >= 15 is 0 Å². The van der Waals surface area contributed by atoms with Crippen LogP contribution in [0.2, 0.25) is 0 Å². The smallest absolute Gasteiger partial charge is 0.249 e. The van der Waals surface area contributed by atoms with Crippen LogP contribution in [0.25, 0.3) is 0 Å². The molecule has 0 bridgehead atoms. The van der Waals surface area contributed by atoms with E-state index in [-0.39, 0.29) is 11.9 Å². The van der Waals surface area contributed by atoms with Gasteiger partial charge in [0.05, 0.1) is 25.5 Å². The third-order valence-electron chi connectivity index (χ3n) is 4.41. The third-order valence-corrected chi connectivity index (χ3v) is 4.41. The van der Waals surface area contributed by atoms with Gasteiger partial charge in [-0.15, -0.1) is 0 Å². The van der Waals surface area contributed by atoms with E-state index in [1.165, 1.54) is 0 Å². The highest BCUT2D eigenvalue weighted by atomic mass is 16.5. The van der Waals surface area contributed by atoms with Gasteiger partial charge in [0.2, 0.25) is 5.91 Å². The van der Waals surface area contributed by atoms with E-state index in [1.54, 1.807) is 20.2 Å². The van der Waals surface area contributed by atoms with Crippen molar-refractivity contribution in [3.05, 3.63) is 95.8 Å². The number of benzene rings is 2. The number of nitrogens with zero attached hydrogens (tertiary/aromatic N) is 1. The zero-order chi connectivity index (χ0) is 19.8. The lowest BCUT2D eigenvalue weighted by Gasteiger charge is -2.21. The van der Waals surface area contributed by atoms with E-state index in [1.807, 2.05) is 72.8 Å². The molecule has 0 spiro atoms. The number of nitrogens with one attached hydrogen (secondary N) is 1. The molecule has 5 heteroatoms. The van der Waals surface area contributed by atoms with Gasteiger partial charge >= 0.3 is 0 Å². The molecular weight excluding hydrogens is 352 g/mol. The maximum Gasteiger partial charge on any atom is 0.249 e. The van der Waals surface area contributed by atoms with E-state index < -0.39 is 6.10 Å². The summed E-state index contributed by atoms with van der Waals surface area (Å²) in [5.74, 6) is 0.569. The second-order valence-corrected chi connectivity index (χ2v) is 6.41. The average molecular weight is 376 g/mol. The van der Waals surface area contributed by atoms with Crippen molar-refractivity contribution >= 4 is 5.91 Å². The molecule has 2 atom stereocenters. The number of hydrogen-bond donors (Lipinski definition) is 1. The fraction of sp³-hybridized carbons (Fsp3) is 0.217. The molecule has 0 aliphatic carbocycles. The van der Waals surface area contributed by atoms with Crippen LogP contribution >= 0.6 is 0 Å². The Morgan fingerprint density at radius 1 is 1.04 bits per heavy atom. The number of carbonyl (C=O) groups excluding carboxylic acids is 1. The topological polar surface area (TPSA) is 60.5 Å². The van der Waals surface area contributed by atoms with Crippen LogP contribution in [0, 0.1) is 0 Å². The van der Waals surface area contributed by atoms with Gasteiger partial charge in [-0.3, -0.25) is 9.78 Å². The van der Waals surface area contributed by atoms with Gasteiger partial charge in [0.25, 0.3) is 0 Å². The lowest BCUT2D eigenvalue weighted by Crippen LogP contribution is -2.37. The number of methoxy groups -OCH3 is 1. The first kappa shape index (κ1) is 19.6. The molecule has 0 radical (unpaired) electrons. The number of hydrogen-bond acceptors (Lipinski definition) is 4. The number of carbonyl (C=O) groups is 1. The van der Waals surface area contributed by atoms with Crippen molar-refractivity contribution in [1.82, 2.24) is 10.3 Å². The van der Waals surface area contributed by atoms with Crippen LogP contribution < -0.4 is 10.1 Å². The van der Waals surface area contributed by atoms with Crippen LogP contribution in [0.5, 0.6) is 5.75 Å². The summed E-state index contributed by atoms with van der Waals surface area (Å²) in [6.07, 6.45) is 1.11. The number of ether oxygens (including phenoxy) is 2. The molecule has 0 saturated carbocycles. The van der Waals surface area contributed by atoms with Gasteiger partial charge in [-0.2, -0.15) is 0 Å². The largest absolute Gasteiger partial charge is 0.497 e. The van der Waals surface area contributed by atoms with Gasteiger partial charge < -0.3 is 14.8 Å². The summed E-state index contributed by atoms with van der Waals surface area (Å²) in [5, 5.41) is 3.06. The number of rotatable bonds is 8. The second-order valence-electron chi connectivity index (χ2n) is 6.41. The molecule has 2 unspecified atom stereocenters. The fourth-order valence-electron chi connectivity index (χ4n) is 2.84. The minimum absolute atomic E-state index is 0.192. The summed E-state index contributed by atoms with van der Waals surface area (Å²) in [6.45, 7) is 2.07. The Bertz CT molecular complexity index is 845. The average Bonchev–Trinajstić information content (AvgIpc) is 2.77. The highest BCUT2D eigenvalue weighted by Crippen LogP contribution is 2.20. The normalized spacial score (nSPS) is 12.8. The van der Waals surface area contributed by atoms with Crippen molar-refractivity contribution in [3.63, 3.8) is 0 Å². The summed E-state index contributed by atoms with van der Waals surface area (Å²) in [5.41, 5.74) is 2.69. The lowest BCUT2D eigenvalue weighted by atomic mass is 10.0. The third kappa shape index (κ3) is 5.18. The van der Waals surface area contributed by atoms with Gasteiger partial charge in [-0.05, 0) is 42.3 Å². The fourth-order valence-corrected chi connectivity index (χ4v) is 2.84. The van der Waals surface area contributed by atoms with Crippen LogP contribution in [0.1, 0.15) is 29.8 Å². The summed E-state index contributed by atoms with van der Waals surface area (Å²) in [7, 11) is 1.62. The van der Waals surface area contributed by atoms with Gasteiger partial charge in [0.1, 0.15) is 11.9 Å². The standard InChI is InChI=1S/C23H24N2O3/c1-17(28-16-18-9-8-12-20(15-18)27-2)23(26)25-22(19-10-4-3-5-11-19)21-13-6-7-14-24-21/h3-15,17,22H,16H2,1-2H3,(H,25,26). The van der Waals surface area contributed by atoms with E-state index in [9.17, 15) is 4.79 Å². The molecule has 3 aromatic rings. The summed E-state index contributed by atoms with van der Waals surface area (Å²) >= 11 is 0. The monoisotopic (exact) mass is 376 g/mol. The Balaban J connectivity index is 1.67. The SMILES string of the molecule is COc1cccc(COC(C)C(=O)NC(c2ccccc2)c2ccccn2)c1. The van der Waals surface area contributed by atoms with Crippen molar-refractivity contribution < 1.29 is 14.3 Å². The minimum Gasteiger partial charge on any atom is -0.497 e. The van der Waals surface area contributed by atoms with Crippen LogP contribution in [0.15, 0.2) is 79.0 Å². The predicted octanol–water partition coefficient (Wildman–Crippen LogP) is 3.90. The Morgan fingerprint density at radius 3 is 2.54 bits per heavy atom. The summed E-state index contributed by atoms with van der Waals surface area (Å²) in [4.78, 5) is 17.2. The Morgan fingerprint density at radius 2 is 1.82 bits per heavy atom. The molecule has 1 N–H and O–H groups in total. The first-order chi connectivity index (χ1) is 13.7. The number of pyridine rings is 1. The quantitative estimate of drug-likeness (QED) is 0.648. The predicted molar refractivity (Wildman–Crippen MR) is 108 cm³/mol. The molecule has 0 fully saturated rings. The van der Waals surface area contributed by atoms with Crippen LogP contribution in [0.4, 0.5) is 0 Å². The van der Waals surface area contributed by atoms with Crippen LogP contribution in [-0.2, 0) is 16.1 Å². The first-order valence-corrected chi connectivity index (χ1v) is 9.18. The molecular formula is C23H24N2O3. The minimum atomic E-state index is -0.610. The van der Waals surface area contributed by atoms with Crippen molar-refractivity contribution in [2.24, 2.45) is 0 Å². The molecule has 1 amide bonds. The summed E-state index contributed by atoms with van der Waals surface area (Å²) < 4.78 is 11.0. The van der Waals surface area contributed by atoms with Gasteiger partial charge in [-0.25, -0.2) is 0 Å². The number of aromatic nitrogens is 1. The number of amides is 1. The Kier molecular flexibility index (Phi) is 6.76. The second kappa shape index (κ2) is 9.67. The highest BCUT2D eigenvalue weighted by Gasteiger charge is 2.21. The molecule has 2 aromatic carbocycles. The molecule has 3 rings (SSSR count). The summed E-state index contributed by atoms with van der Waals surface area (Å²) in [6, 6.07) is 22.7. The van der Waals surface area contributed by atoms with Crippen molar-refractivity contribution in [2.45, 2.75) is 25.7 Å².